The summed E-state index contributed by atoms with van der Waals surface area (Å²) in [5.74, 6) is -1.22. The molecule has 0 spiro atoms. The lowest BCUT2D eigenvalue weighted by Crippen LogP contribution is -2.53. The Hall–Kier alpha value is -2.62. The normalized spacial score (nSPS) is 27.5. The van der Waals surface area contributed by atoms with Crippen molar-refractivity contribution < 1.29 is 11.6 Å². The Morgan fingerprint density at radius 2 is 2.54 bits per heavy atom. The van der Waals surface area contributed by atoms with Crippen LogP contribution in [0.4, 0.5) is 5.82 Å². The van der Waals surface area contributed by atoms with Gasteiger partial charge < -0.3 is 19.6 Å². The van der Waals surface area contributed by atoms with Gasteiger partial charge in [0.2, 0.25) is 0 Å². The van der Waals surface area contributed by atoms with Gasteiger partial charge >= 0.3 is 5.91 Å². The fourth-order valence-electron chi connectivity index (χ4n) is 2.93. The number of nitrogens with zero attached hydrogens (tertiary/aromatic N) is 5. The van der Waals surface area contributed by atoms with Crippen molar-refractivity contribution in [2.75, 3.05) is 31.6 Å². The van der Waals surface area contributed by atoms with Crippen LogP contribution >= 0.6 is 0 Å². The number of aromatic amines is 1. The fraction of sp³-hybridized carbons (Fsp3) is 0.529. The maximum absolute atomic E-state index is 12.3. The van der Waals surface area contributed by atoms with Crippen LogP contribution in [-0.4, -0.2) is 58.5 Å². The van der Waals surface area contributed by atoms with Crippen LogP contribution in [0.25, 0.3) is 15.9 Å². The molecule has 7 heteroatoms. The Morgan fingerprint density at radius 3 is 3.29 bits per heavy atom. The van der Waals surface area contributed by atoms with Gasteiger partial charge in [0.05, 0.1) is 14.1 Å². The zero-order valence-corrected chi connectivity index (χ0v) is 13.6. The van der Waals surface area contributed by atoms with Gasteiger partial charge in [-0.15, -0.1) is 0 Å². The Labute approximate surface area is 148 Å². The van der Waals surface area contributed by atoms with Crippen LogP contribution in [0.2, 0.25) is 0 Å². The highest BCUT2D eigenvalue weighted by molar-refractivity contribution is 5.88. The minimum Gasteiger partial charge on any atom is -0.354 e. The second kappa shape index (κ2) is 6.48. The number of carbonyl (C=O) groups is 1. The molecule has 0 aromatic carbocycles. The first kappa shape index (κ1) is 11.0. The van der Waals surface area contributed by atoms with E-state index in [-0.39, 0.29) is 37.9 Å². The Bertz CT molecular complexity index is 983. The minimum atomic E-state index is -2.42. The van der Waals surface area contributed by atoms with E-state index in [2.05, 4.69) is 19.8 Å². The van der Waals surface area contributed by atoms with Crippen LogP contribution in [-0.2, 0) is 4.79 Å². The molecule has 3 rings (SSSR count). The topological polar surface area (TPSA) is 69.5 Å². The first-order chi connectivity index (χ1) is 13.5. The molecule has 0 bridgehead atoms. The summed E-state index contributed by atoms with van der Waals surface area (Å²) in [6.07, 6.45) is 1.39. The summed E-state index contributed by atoms with van der Waals surface area (Å²) in [6, 6.07) is -1.55. The quantitative estimate of drug-likeness (QED) is 0.872. The minimum absolute atomic E-state index is 0.0994. The molecule has 1 N–H and O–H groups in total. The number of aryl methyl sites for hydroxylation is 1. The number of rotatable bonds is 3. The van der Waals surface area contributed by atoms with Gasteiger partial charge in [0, 0.05) is 29.9 Å². The van der Waals surface area contributed by atoms with E-state index >= 15 is 0 Å². The van der Waals surface area contributed by atoms with Gasteiger partial charge in [0.15, 0.2) is 0 Å². The van der Waals surface area contributed by atoms with Crippen LogP contribution in [0.5, 0.6) is 0 Å². The number of hydrogen-bond donors (Lipinski definition) is 1. The molecule has 7 nitrogen and oxygen atoms in total. The number of H-pyrrole nitrogens is 1. The number of hydrogen-bond acceptors (Lipinski definition) is 4. The summed E-state index contributed by atoms with van der Waals surface area (Å²) >= 11 is 0. The number of likely N-dealkylation sites (N-methyl/N-ethyl adjacent to an activating group) is 1. The summed E-state index contributed by atoms with van der Waals surface area (Å²) in [5, 5.41) is 0.396. The number of likely N-dealkylation sites (tertiary alicyclic amines) is 1. The number of anilines is 1. The maximum Gasteiger partial charge on any atom is 0.302 e. The lowest BCUT2D eigenvalue weighted by molar-refractivity contribution is -0.130. The Kier molecular flexibility index (Phi) is 2.97. The van der Waals surface area contributed by atoms with E-state index in [9.17, 15) is 4.79 Å². The largest absolute Gasteiger partial charge is 0.354 e. The summed E-state index contributed by atoms with van der Waals surface area (Å²) in [7, 11) is 1.55. The van der Waals surface area contributed by atoms with E-state index < -0.39 is 24.7 Å². The van der Waals surface area contributed by atoms with Crippen molar-refractivity contribution in [2.45, 2.75) is 26.2 Å². The number of fused-ring (bicyclic) bond motifs is 1. The third kappa shape index (κ3) is 2.92. The summed E-state index contributed by atoms with van der Waals surface area (Å²) in [4.78, 5) is 29.5. The molecule has 0 aliphatic carbocycles. The average molecular weight is 331 g/mol. The van der Waals surface area contributed by atoms with Gasteiger partial charge in [-0.1, -0.05) is 6.85 Å². The van der Waals surface area contributed by atoms with Crippen molar-refractivity contribution in [3.05, 3.63) is 29.5 Å². The van der Waals surface area contributed by atoms with Crippen LogP contribution in [0, 0.1) is 19.4 Å². The molecular weight excluding hydrogens is 304 g/mol. The number of carbonyl (C=O) groups excluding carboxylic acids is 1. The molecule has 3 heterocycles. The van der Waals surface area contributed by atoms with E-state index in [1.807, 2.05) is 0 Å². The summed E-state index contributed by atoms with van der Waals surface area (Å²) in [6.45, 7) is 5.87. The highest BCUT2D eigenvalue weighted by Gasteiger charge is 2.33. The molecule has 0 saturated carbocycles. The van der Waals surface area contributed by atoms with E-state index in [4.69, 9.17) is 13.4 Å². The van der Waals surface area contributed by atoms with Crippen molar-refractivity contribution in [2.24, 2.45) is 5.92 Å². The van der Waals surface area contributed by atoms with Crippen molar-refractivity contribution in [3.8, 4) is 0 Å². The monoisotopic (exact) mass is 331 g/mol. The summed E-state index contributed by atoms with van der Waals surface area (Å²) < 4.78 is 41.3. The van der Waals surface area contributed by atoms with Gasteiger partial charge in [-0.05, 0) is 25.3 Å². The SMILES string of the molecule is [2H]c1c(C)[nH]c2ncnc(N(C)[C@@]3([2H])CN(C(=O)C[N+]#[C-])CC[C@H]3C([2H])([2H])[2H])c12. The number of piperidine rings is 1. The predicted molar refractivity (Wildman–Crippen MR) is 92.6 cm³/mol. The number of amides is 1. The van der Waals surface area contributed by atoms with Crippen LogP contribution < -0.4 is 4.90 Å². The molecule has 126 valence electrons. The first-order valence-electron chi connectivity index (χ1n) is 10.2. The zero-order valence-electron chi connectivity index (χ0n) is 18.6. The van der Waals surface area contributed by atoms with Crippen molar-refractivity contribution in [3.63, 3.8) is 0 Å². The second-order valence-electron chi connectivity index (χ2n) is 5.82. The Morgan fingerprint density at radius 1 is 1.71 bits per heavy atom. The second-order valence-corrected chi connectivity index (χ2v) is 5.82. The predicted octanol–water partition coefficient (Wildman–Crippen LogP) is 1.86. The standard InChI is InChI=1S/C17H22N6O/c1-11-5-6-23(15(24)8-18-3)9-14(11)22(4)17-13-7-12(2)21-16(13)19-10-20-17/h7,10-11,14H,5-6,8-9H2,1-2,4H3,(H,19,20,21)/t11-,14+/m1/s1/i1D3,7D,14D. The average Bonchev–Trinajstić information content (AvgIpc) is 2.94. The highest BCUT2D eigenvalue weighted by atomic mass is 16.2. The molecule has 1 saturated heterocycles. The number of nitrogens with one attached hydrogen (secondary N) is 1. The molecule has 0 radical (unpaired) electrons. The van der Waals surface area contributed by atoms with Crippen LogP contribution in [0.3, 0.4) is 0 Å². The third-order valence-corrected chi connectivity index (χ3v) is 4.20. The molecule has 1 aliphatic heterocycles. The molecule has 0 unspecified atom stereocenters. The van der Waals surface area contributed by atoms with Crippen molar-refractivity contribution in [1.82, 2.24) is 19.9 Å². The first-order valence-corrected chi connectivity index (χ1v) is 7.65. The molecule has 2 aromatic rings. The molecule has 1 fully saturated rings. The van der Waals surface area contributed by atoms with Crippen LogP contribution in [0.15, 0.2) is 12.4 Å². The number of aromatic nitrogens is 3. The van der Waals surface area contributed by atoms with Gasteiger partial charge in [-0.2, -0.15) is 0 Å². The molecule has 1 aliphatic rings. The van der Waals surface area contributed by atoms with E-state index in [0.29, 0.717) is 16.7 Å². The van der Waals surface area contributed by atoms with E-state index in [1.165, 1.54) is 16.1 Å². The Balaban J connectivity index is 2.10. The highest BCUT2D eigenvalue weighted by Crippen LogP contribution is 2.29. The van der Waals surface area contributed by atoms with Gasteiger partial charge in [-0.25, -0.2) is 16.5 Å². The molecule has 2 aromatic heterocycles. The molecule has 24 heavy (non-hydrogen) atoms. The summed E-state index contributed by atoms with van der Waals surface area (Å²) in [5.41, 5.74) is 1.01. The maximum atomic E-state index is 12.3. The fourth-order valence-corrected chi connectivity index (χ4v) is 2.93. The van der Waals surface area contributed by atoms with Gasteiger partial charge in [0.25, 0.3) is 6.54 Å². The third-order valence-electron chi connectivity index (χ3n) is 4.20. The van der Waals surface area contributed by atoms with Crippen LogP contribution in [0.1, 0.15) is 25.8 Å². The van der Waals surface area contributed by atoms with Crippen molar-refractivity contribution in [1.29, 1.82) is 0 Å². The van der Waals surface area contributed by atoms with Crippen molar-refractivity contribution >= 4 is 22.8 Å². The lowest BCUT2D eigenvalue weighted by atomic mass is 9.92. The smallest absolute Gasteiger partial charge is 0.302 e. The zero-order chi connectivity index (χ0) is 21.6. The van der Waals surface area contributed by atoms with Gasteiger partial charge in [0.1, 0.15) is 17.8 Å². The molecule has 2 atom stereocenters. The molecular formula is C17H22N6O. The van der Waals surface area contributed by atoms with Gasteiger partial charge in [-0.3, -0.25) is 4.79 Å². The molecule has 1 amide bonds. The lowest BCUT2D eigenvalue weighted by Gasteiger charge is -2.41. The van der Waals surface area contributed by atoms with E-state index in [0.717, 1.165) is 0 Å². The van der Waals surface area contributed by atoms with E-state index in [1.54, 1.807) is 14.0 Å².